The molecule has 1 fully saturated rings. The summed E-state index contributed by atoms with van der Waals surface area (Å²) in [7, 11) is 0. The summed E-state index contributed by atoms with van der Waals surface area (Å²) in [6, 6.07) is 0.0660. The van der Waals surface area contributed by atoms with Crippen LogP contribution in [0.5, 0.6) is 0 Å². The Morgan fingerprint density at radius 3 is 2.83 bits per heavy atom. The lowest BCUT2D eigenvalue weighted by Gasteiger charge is -2.23. The minimum atomic E-state index is 0.0381. The molecule has 106 valence electrons. The van der Waals surface area contributed by atoms with Crippen LogP contribution in [0.25, 0.3) is 0 Å². The van der Waals surface area contributed by atoms with Crippen molar-refractivity contribution in [3.8, 4) is 0 Å². The summed E-state index contributed by atoms with van der Waals surface area (Å²) in [5.41, 5.74) is 0. The molecule has 1 heterocycles. The van der Waals surface area contributed by atoms with Gasteiger partial charge in [-0.1, -0.05) is 0 Å². The van der Waals surface area contributed by atoms with Gasteiger partial charge in [0, 0.05) is 19.1 Å². The highest BCUT2D eigenvalue weighted by molar-refractivity contribution is 5.76. The number of carbonyl (C=O) groups excluding carboxylic acids is 1. The predicted octanol–water partition coefficient (Wildman–Crippen LogP) is 0.686. The quantitative estimate of drug-likeness (QED) is 0.672. The minimum absolute atomic E-state index is 0.0381. The maximum absolute atomic E-state index is 11.6. The van der Waals surface area contributed by atoms with Gasteiger partial charge in [0.25, 0.3) is 0 Å². The van der Waals surface area contributed by atoms with Gasteiger partial charge in [0.15, 0.2) is 0 Å². The maximum Gasteiger partial charge on any atom is 0.222 e. The van der Waals surface area contributed by atoms with Crippen LogP contribution in [-0.4, -0.2) is 51.0 Å². The molecular weight excluding hydrogens is 232 g/mol. The molecule has 1 rings (SSSR count). The van der Waals surface area contributed by atoms with Crippen molar-refractivity contribution in [2.75, 3.05) is 32.9 Å². The fraction of sp³-hybridized carbons (Fsp3) is 0.923. The van der Waals surface area contributed by atoms with Crippen LogP contribution in [0.3, 0.4) is 0 Å². The van der Waals surface area contributed by atoms with Gasteiger partial charge >= 0.3 is 0 Å². The third-order valence-corrected chi connectivity index (χ3v) is 2.95. The molecule has 1 unspecified atom stereocenters. The van der Waals surface area contributed by atoms with E-state index >= 15 is 0 Å². The third-order valence-electron chi connectivity index (χ3n) is 2.95. The van der Waals surface area contributed by atoms with Gasteiger partial charge in [0.2, 0.25) is 5.91 Å². The fourth-order valence-corrected chi connectivity index (χ4v) is 1.96. The average molecular weight is 258 g/mol. The van der Waals surface area contributed by atoms with Gasteiger partial charge in [-0.3, -0.25) is 4.79 Å². The van der Waals surface area contributed by atoms with E-state index < -0.39 is 0 Å². The molecule has 5 nitrogen and oxygen atoms in total. The molecule has 0 radical (unpaired) electrons. The molecule has 0 aromatic carbocycles. The standard InChI is InChI=1S/C13H26N2O3/c1-3-17-10-11(2)15-13(16)6-9-18-12-4-7-14-8-5-12/h11-12,14H,3-10H2,1-2H3,(H,15,16). The summed E-state index contributed by atoms with van der Waals surface area (Å²) in [6.45, 7) is 7.68. The number of amides is 1. The molecule has 5 heteroatoms. The first-order valence-electron chi connectivity index (χ1n) is 6.91. The van der Waals surface area contributed by atoms with E-state index in [1.807, 2.05) is 13.8 Å². The summed E-state index contributed by atoms with van der Waals surface area (Å²) in [5.74, 6) is 0.0381. The largest absolute Gasteiger partial charge is 0.380 e. The maximum atomic E-state index is 11.6. The van der Waals surface area contributed by atoms with Gasteiger partial charge in [-0.05, 0) is 39.8 Å². The Kier molecular flexibility index (Phi) is 7.96. The Balaban J connectivity index is 2.01. The van der Waals surface area contributed by atoms with Gasteiger partial charge < -0.3 is 20.1 Å². The molecule has 1 saturated heterocycles. The molecule has 1 aliphatic heterocycles. The first-order valence-corrected chi connectivity index (χ1v) is 6.91. The summed E-state index contributed by atoms with van der Waals surface area (Å²) < 4.78 is 10.9. The lowest BCUT2D eigenvalue weighted by atomic mass is 10.1. The lowest BCUT2D eigenvalue weighted by Crippen LogP contribution is -2.37. The van der Waals surface area contributed by atoms with E-state index in [9.17, 15) is 4.79 Å². The Morgan fingerprint density at radius 2 is 2.17 bits per heavy atom. The molecule has 2 N–H and O–H groups in total. The molecular formula is C13H26N2O3. The van der Waals surface area contributed by atoms with Crippen LogP contribution in [0, 0.1) is 0 Å². The highest BCUT2D eigenvalue weighted by Gasteiger charge is 2.14. The summed E-state index contributed by atoms with van der Waals surface area (Å²) in [5, 5.41) is 6.18. The molecule has 1 amide bonds. The van der Waals surface area contributed by atoms with Crippen LogP contribution in [0.1, 0.15) is 33.1 Å². The number of ether oxygens (including phenoxy) is 2. The Morgan fingerprint density at radius 1 is 1.44 bits per heavy atom. The third kappa shape index (κ3) is 6.93. The second-order valence-electron chi connectivity index (χ2n) is 4.70. The van der Waals surface area contributed by atoms with Gasteiger partial charge in [-0.2, -0.15) is 0 Å². The van der Waals surface area contributed by atoms with E-state index in [2.05, 4.69) is 10.6 Å². The Labute approximate surface area is 110 Å². The zero-order chi connectivity index (χ0) is 13.2. The van der Waals surface area contributed by atoms with Crippen LogP contribution >= 0.6 is 0 Å². The second-order valence-corrected chi connectivity index (χ2v) is 4.70. The van der Waals surface area contributed by atoms with E-state index in [-0.39, 0.29) is 11.9 Å². The first kappa shape index (κ1) is 15.4. The van der Waals surface area contributed by atoms with Crippen molar-refractivity contribution in [2.45, 2.75) is 45.3 Å². The Bertz CT molecular complexity index is 230. The van der Waals surface area contributed by atoms with Gasteiger partial charge in [-0.15, -0.1) is 0 Å². The summed E-state index contributed by atoms with van der Waals surface area (Å²) in [6.07, 6.45) is 2.84. The SMILES string of the molecule is CCOCC(C)NC(=O)CCOC1CCNCC1. The number of hydrogen-bond donors (Lipinski definition) is 2. The molecule has 18 heavy (non-hydrogen) atoms. The molecule has 0 aromatic rings. The first-order chi connectivity index (χ1) is 8.72. The van der Waals surface area contributed by atoms with Crippen LogP contribution in [-0.2, 0) is 14.3 Å². The molecule has 0 bridgehead atoms. The van der Waals surface area contributed by atoms with Crippen LogP contribution in [0.4, 0.5) is 0 Å². The molecule has 1 atom stereocenters. The fourth-order valence-electron chi connectivity index (χ4n) is 1.96. The topological polar surface area (TPSA) is 59.6 Å². The van der Waals surface area contributed by atoms with Crippen molar-refractivity contribution in [3.05, 3.63) is 0 Å². The predicted molar refractivity (Wildman–Crippen MR) is 70.6 cm³/mol. The molecule has 1 aliphatic rings. The number of carbonyl (C=O) groups is 1. The monoisotopic (exact) mass is 258 g/mol. The van der Waals surface area contributed by atoms with Gasteiger partial charge in [0.05, 0.1) is 19.3 Å². The smallest absolute Gasteiger partial charge is 0.222 e. The van der Waals surface area contributed by atoms with Crippen molar-refractivity contribution < 1.29 is 14.3 Å². The van der Waals surface area contributed by atoms with Crippen LogP contribution < -0.4 is 10.6 Å². The Hall–Kier alpha value is -0.650. The van der Waals surface area contributed by atoms with Crippen molar-refractivity contribution in [3.63, 3.8) is 0 Å². The van der Waals surface area contributed by atoms with E-state index in [1.165, 1.54) is 0 Å². The van der Waals surface area contributed by atoms with Gasteiger partial charge in [-0.25, -0.2) is 0 Å². The molecule has 0 saturated carbocycles. The van der Waals surface area contributed by atoms with E-state index in [0.29, 0.717) is 32.3 Å². The van der Waals surface area contributed by atoms with E-state index in [4.69, 9.17) is 9.47 Å². The molecule has 0 aromatic heterocycles. The highest BCUT2D eigenvalue weighted by atomic mass is 16.5. The summed E-state index contributed by atoms with van der Waals surface area (Å²) >= 11 is 0. The van der Waals surface area contributed by atoms with Crippen LogP contribution in [0.2, 0.25) is 0 Å². The van der Waals surface area contributed by atoms with Gasteiger partial charge in [0.1, 0.15) is 0 Å². The summed E-state index contributed by atoms with van der Waals surface area (Å²) in [4.78, 5) is 11.6. The van der Waals surface area contributed by atoms with Crippen molar-refractivity contribution in [1.82, 2.24) is 10.6 Å². The van der Waals surface area contributed by atoms with E-state index in [0.717, 1.165) is 25.9 Å². The van der Waals surface area contributed by atoms with E-state index in [1.54, 1.807) is 0 Å². The highest BCUT2D eigenvalue weighted by Crippen LogP contribution is 2.07. The molecule has 0 spiro atoms. The van der Waals surface area contributed by atoms with Crippen molar-refractivity contribution in [1.29, 1.82) is 0 Å². The van der Waals surface area contributed by atoms with Crippen molar-refractivity contribution >= 4 is 5.91 Å². The molecule has 0 aliphatic carbocycles. The van der Waals surface area contributed by atoms with Crippen molar-refractivity contribution in [2.24, 2.45) is 0 Å². The number of rotatable bonds is 8. The number of nitrogens with one attached hydrogen (secondary N) is 2. The second kappa shape index (κ2) is 9.30. The zero-order valence-electron chi connectivity index (χ0n) is 11.5. The number of hydrogen-bond acceptors (Lipinski definition) is 4. The normalized spacial score (nSPS) is 18.6. The minimum Gasteiger partial charge on any atom is -0.380 e. The van der Waals surface area contributed by atoms with Crippen LogP contribution in [0.15, 0.2) is 0 Å². The number of piperidine rings is 1. The lowest BCUT2D eigenvalue weighted by molar-refractivity contribution is -0.123. The zero-order valence-corrected chi connectivity index (χ0v) is 11.5. The average Bonchev–Trinajstić information content (AvgIpc) is 2.37.